The van der Waals surface area contributed by atoms with E-state index < -0.39 is 0 Å². The number of ether oxygens (including phenoxy) is 1. The summed E-state index contributed by atoms with van der Waals surface area (Å²) >= 11 is 6.08. The van der Waals surface area contributed by atoms with Gasteiger partial charge in [0, 0.05) is 11.6 Å². The zero-order chi connectivity index (χ0) is 22.2. The van der Waals surface area contributed by atoms with Crippen molar-refractivity contribution in [1.82, 2.24) is 15.1 Å². The molecule has 31 heavy (non-hydrogen) atoms. The van der Waals surface area contributed by atoms with E-state index in [-0.39, 0.29) is 30.5 Å². The quantitative estimate of drug-likeness (QED) is 0.463. The molecule has 2 atom stereocenters. The van der Waals surface area contributed by atoms with Crippen molar-refractivity contribution in [2.75, 3.05) is 32.7 Å². The third-order valence-corrected chi connectivity index (χ3v) is 6.38. The fraction of sp³-hybridized carbons (Fsp3) is 0.583. The Kier molecular flexibility index (Phi) is 8.79. The van der Waals surface area contributed by atoms with Crippen LogP contribution in [0.25, 0.3) is 6.08 Å². The Balaban J connectivity index is 1.65. The van der Waals surface area contributed by atoms with Gasteiger partial charge in [-0.2, -0.15) is 0 Å². The molecular weight excluding hydrogens is 414 g/mol. The van der Waals surface area contributed by atoms with Gasteiger partial charge < -0.3 is 19.9 Å². The summed E-state index contributed by atoms with van der Waals surface area (Å²) in [6.45, 7) is 7.95. The van der Waals surface area contributed by atoms with E-state index in [1.165, 1.54) is 0 Å². The highest BCUT2D eigenvalue weighted by Gasteiger charge is 2.42. The molecule has 0 bridgehead atoms. The predicted molar refractivity (Wildman–Crippen MR) is 124 cm³/mol. The van der Waals surface area contributed by atoms with Gasteiger partial charge >= 0.3 is 0 Å². The third-order valence-electron chi connectivity index (χ3n) is 6.15. The summed E-state index contributed by atoms with van der Waals surface area (Å²) in [6.07, 6.45) is 6.46. The van der Waals surface area contributed by atoms with Crippen molar-refractivity contribution in [1.29, 1.82) is 0 Å². The molecule has 1 N–H and O–H groups in total. The smallest absolute Gasteiger partial charge is 0.289 e. The molecule has 2 fully saturated rings. The second-order valence-electron chi connectivity index (χ2n) is 8.24. The van der Waals surface area contributed by atoms with Crippen LogP contribution in [0.5, 0.6) is 0 Å². The molecule has 2 amide bonds. The first kappa shape index (κ1) is 23.6. The number of carbonyl (C=O) groups is 2. The van der Waals surface area contributed by atoms with Crippen LogP contribution in [0.4, 0.5) is 0 Å². The summed E-state index contributed by atoms with van der Waals surface area (Å²) in [5.41, 5.74) is 0.811. The number of hydrogen-bond donors (Lipinski definition) is 1. The highest BCUT2D eigenvalue weighted by molar-refractivity contribution is 6.30. The van der Waals surface area contributed by atoms with E-state index in [1.807, 2.05) is 12.1 Å². The van der Waals surface area contributed by atoms with Gasteiger partial charge in [-0.05, 0) is 69.1 Å². The Bertz CT molecular complexity index is 794. The standard InChI is InChI=1S/C24H34ClN3O3/c1-3-27(4-2)14-8-13-26-23(29)17-28-20-11-5-6-12-21(20)31-22(24(28)30)16-18-9-7-10-19(25)15-18/h7,9-10,15-16,20-21H,3-6,8,11-14,17H2,1-2H3,(H,26,29)/b22-16+. The van der Waals surface area contributed by atoms with Gasteiger partial charge in [0.1, 0.15) is 12.6 Å². The fourth-order valence-electron chi connectivity index (χ4n) is 4.39. The van der Waals surface area contributed by atoms with Crippen molar-refractivity contribution >= 4 is 29.5 Å². The molecule has 170 valence electrons. The Labute approximate surface area is 190 Å². The molecule has 1 saturated heterocycles. The summed E-state index contributed by atoms with van der Waals surface area (Å²) in [6, 6.07) is 7.27. The summed E-state index contributed by atoms with van der Waals surface area (Å²) in [5.74, 6) is -0.0395. The molecule has 2 aliphatic rings. The van der Waals surface area contributed by atoms with Crippen LogP contribution in [0.15, 0.2) is 30.0 Å². The molecule has 1 aliphatic heterocycles. The molecule has 0 radical (unpaired) electrons. The average molecular weight is 448 g/mol. The number of amides is 2. The number of halogens is 1. The largest absolute Gasteiger partial charge is 0.482 e. The molecule has 2 unspecified atom stereocenters. The Morgan fingerprint density at radius 1 is 1.29 bits per heavy atom. The van der Waals surface area contributed by atoms with Crippen molar-refractivity contribution in [2.45, 2.75) is 58.1 Å². The highest BCUT2D eigenvalue weighted by atomic mass is 35.5. The summed E-state index contributed by atoms with van der Waals surface area (Å²) in [7, 11) is 0. The minimum Gasteiger partial charge on any atom is -0.482 e. The zero-order valence-corrected chi connectivity index (χ0v) is 19.4. The van der Waals surface area contributed by atoms with E-state index in [4.69, 9.17) is 16.3 Å². The Morgan fingerprint density at radius 3 is 2.81 bits per heavy atom. The first-order valence-electron chi connectivity index (χ1n) is 11.5. The molecule has 0 aromatic heterocycles. The molecule has 1 heterocycles. The van der Waals surface area contributed by atoms with Gasteiger partial charge in [0.15, 0.2) is 5.76 Å². The van der Waals surface area contributed by atoms with Gasteiger partial charge in [-0.3, -0.25) is 9.59 Å². The summed E-state index contributed by atoms with van der Waals surface area (Å²) in [4.78, 5) is 29.9. The number of hydrogen-bond acceptors (Lipinski definition) is 4. The van der Waals surface area contributed by atoms with E-state index in [0.29, 0.717) is 17.3 Å². The lowest BCUT2D eigenvalue weighted by atomic mass is 9.89. The van der Waals surface area contributed by atoms with E-state index >= 15 is 0 Å². The maximum Gasteiger partial charge on any atom is 0.289 e. The summed E-state index contributed by atoms with van der Waals surface area (Å²) < 4.78 is 6.10. The van der Waals surface area contributed by atoms with Crippen LogP contribution in [0.2, 0.25) is 5.02 Å². The molecule has 7 heteroatoms. The number of morpholine rings is 1. The Morgan fingerprint density at radius 2 is 2.06 bits per heavy atom. The molecular formula is C24H34ClN3O3. The molecule has 3 rings (SSSR count). The fourth-order valence-corrected chi connectivity index (χ4v) is 4.59. The van der Waals surface area contributed by atoms with Gasteiger partial charge in [0.05, 0.1) is 6.04 Å². The number of benzene rings is 1. The molecule has 1 aromatic carbocycles. The van der Waals surface area contributed by atoms with Crippen LogP contribution in [0.3, 0.4) is 0 Å². The van der Waals surface area contributed by atoms with Crippen LogP contribution in [0.1, 0.15) is 51.5 Å². The zero-order valence-electron chi connectivity index (χ0n) is 18.6. The van der Waals surface area contributed by atoms with Crippen LogP contribution in [-0.4, -0.2) is 66.5 Å². The first-order chi connectivity index (χ1) is 15.0. The van der Waals surface area contributed by atoms with Crippen molar-refractivity contribution in [3.63, 3.8) is 0 Å². The van der Waals surface area contributed by atoms with Crippen LogP contribution in [-0.2, 0) is 14.3 Å². The third kappa shape index (κ3) is 6.47. The Hall–Kier alpha value is -2.05. The molecule has 1 aliphatic carbocycles. The van der Waals surface area contributed by atoms with Crippen LogP contribution in [0, 0.1) is 0 Å². The van der Waals surface area contributed by atoms with E-state index in [0.717, 1.165) is 57.3 Å². The van der Waals surface area contributed by atoms with Gasteiger partial charge in [-0.15, -0.1) is 0 Å². The van der Waals surface area contributed by atoms with Crippen LogP contribution >= 0.6 is 11.6 Å². The maximum atomic E-state index is 13.2. The van der Waals surface area contributed by atoms with Gasteiger partial charge in [0.25, 0.3) is 5.91 Å². The predicted octanol–water partition coefficient (Wildman–Crippen LogP) is 3.70. The number of carbonyl (C=O) groups excluding carboxylic acids is 2. The van der Waals surface area contributed by atoms with Gasteiger partial charge in [-0.1, -0.05) is 44.0 Å². The lowest BCUT2D eigenvalue weighted by Crippen LogP contribution is -2.57. The normalized spacial score (nSPS) is 22.4. The number of rotatable bonds is 9. The number of fused-ring (bicyclic) bond motifs is 1. The van der Waals surface area contributed by atoms with E-state index in [1.54, 1.807) is 23.1 Å². The minimum atomic E-state index is -0.221. The van der Waals surface area contributed by atoms with Crippen molar-refractivity contribution < 1.29 is 14.3 Å². The second kappa shape index (κ2) is 11.5. The number of nitrogens with one attached hydrogen (secondary N) is 1. The van der Waals surface area contributed by atoms with Gasteiger partial charge in [0.2, 0.25) is 5.91 Å². The molecule has 0 spiro atoms. The topological polar surface area (TPSA) is 61.9 Å². The van der Waals surface area contributed by atoms with E-state index in [2.05, 4.69) is 24.1 Å². The molecule has 6 nitrogen and oxygen atoms in total. The highest BCUT2D eigenvalue weighted by Crippen LogP contribution is 2.33. The van der Waals surface area contributed by atoms with Gasteiger partial charge in [-0.25, -0.2) is 0 Å². The molecule has 1 saturated carbocycles. The second-order valence-corrected chi connectivity index (χ2v) is 8.67. The SMILES string of the molecule is CCN(CC)CCCNC(=O)CN1C(=O)/C(=C\c2cccc(Cl)c2)OC2CCCCC21. The molecule has 1 aromatic rings. The average Bonchev–Trinajstić information content (AvgIpc) is 2.77. The lowest BCUT2D eigenvalue weighted by Gasteiger charge is -2.44. The monoisotopic (exact) mass is 447 g/mol. The summed E-state index contributed by atoms with van der Waals surface area (Å²) in [5, 5.41) is 3.59. The van der Waals surface area contributed by atoms with Crippen LogP contribution < -0.4 is 5.32 Å². The van der Waals surface area contributed by atoms with Crippen molar-refractivity contribution in [3.05, 3.63) is 40.6 Å². The maximum absolute atomic E-state index is 13.2. The first-order valence-corrected chi connectivity index (χ1v) is 11.8. The number of nitrogens with zero attached hydrogens (tertiary/aromatic N) is 2. The van der Waals surface area contributed by atoms with E-state index in [9.17, 15) is 9.59 Å². The van der Waals surface area contributed by atoms with Crippen molar-refractivity contribution in [2.24, 2.45) is 0 Å². The lowest BCUT2D eigenvalue weighted by molar-refractivity contribution is -0.151. The van der Waals surface area contributed by atoms with Crippen molar-refractivity contribution in [3.8, 4) is 0 Å². The minimum absolute atomic E-state index is 0.0424.